The molecule has 2 nitrogen and oxygen atoms in total. The fourth-order valence-corrected chi connectivity index (χ4v) is 1.97. The van der Waals surface area contributed by atoms with Gasteiger partial charge in [0, 0.05) is 31.9 Å². The van der Waals surface area contributed by atoms with Crippen LogP contribution in [0.1, 0.15) is 11.1 Å². The average molecular weight is 218 g/mol. The summed E-state index contributed by atoms with van der Waals surface area (Å²) in [6, 6.07) is 6.69. The molecule has 88 valence electrons. The molecule has 0 unspecified atom stereocenters. The molecule has 1 aromatic carbocycles. The molecule has 16 heavy (non-hydrogen) atoms. The molecule has 0 radical (unpaired) electrons. The summed E-state index contributed by atoms with van der Waals surface area (Å²) in [6.07, 6.45) is 0. The molecule has 0 aliphatic carbocycles. The predicted molar refractivity (Wildman–Crippen MR) is 72.3 cm³/mol. The van der Waals surface area contributed by atoms with E-state index in [0.29, 0.717) is 0 Å². The molecule has 0 saturated carbocycles. The minimum Gasteiger partial charge on any atom is -0.369 e. The lowest BCUT2D eigenvalue weighted by Gasteiger charge is -2.30. The van der Waals surface area contributed by atoms with Crippen LogP contribution in [0, 0.1) is 13.8 Å². The number of nitrogens with zero attached hydrogens (tertiary/aromatic N) is 1. The molecule has 2 rings (SSSR count). The maximum absolute atomic E-state index is 3.38. The number of hydrogen-bond acceptors (Lipinski definition) is 2. The van der Waals surface area contributed by atoms with Crippen LogP contribution < -0.4 is 10.2 Å². The van der Waals surface area contributed by atoms with Gasteiger partial charge in [-0.2, -0.15) is 0 Å². The van der Waals surface area contributed by atoms with E-state index in [1.807, 2.05) is 0 Å². The standard InChI is InChI=1S/C12H18N2.C2H4/c1-10-3-4-11(2)12(9-10)14-7-5-13-6-8-14;1-2/h3-4,9,13H,5-8H2,1-2H3;1-2H2. The highest BCUT2D eigenvalue weighted by atomic mass is 15.2. The zero-order valence-corrected chi connectivity index (χ0v) is 10.4. The summed E-state index contributed by atoms with van der Waals surface area (Å²) in [5.41, 5.74) is 4.15. The second kappa shape index (κ2) is 6.33. The van der Waals surface area contributed by atoms with Crippen LogP contribution >= 0.6 is 0 Å². The Morgan fingerprint density at radius 1 is 1.12 bits per heavy atom. The molecule has 2 heteroatoms. The van der Waals surface area contributed by atoms with Gasteiger partial charge in [0.25, 0.3) is 0 Å². The van der Waals surface area contributed by atoms with E-state index < -0.39 is 0 Å². The fraction of sp³-hybridized carbons (Fsp3) is 0.429. The second-order valence-corrected chi connectivity index (χ2v) is 4.03. The number of benzene rings is 1. The summed E-state index contributed by atoms with van der Waals surface area (Å²) in [4.78, 5) is 2.47. The van der Waals surface area contributed by atoms with Gasteiger partial charge < -0.3 is 10.2 Å². The van der Waals surface area contributed by atoms with Crippen molar-refractivity contribution in [1.82, 2.24) is 5.32 Å². The lowest BCUT2D eigenvalue weighted by atomic mass is 10.1. The Morgan fingerprint density at radius 2 is 1.75 bits per heavy atom. The molecule has 0 spiro atoms. The highest BCUT2D eigenvalue weighted by Crippen LogP contribution is 2.21. The zero-order chi connectivity index (χ0) is 12.0. The minimum atomic E-state index is 1.10. The largest absolute Gasteiger partial charge is 0.369 e. The summed E-state index contributed by atoms with van der Waals surface area (Å²) in [6.45, 7) is 14.8. The number of anilines is 1. The Bertz CT molecular complexity index is 328. The van der Waals surface area contributed by atoms with E-state index in [9.17, 15) is 0 Å². The SMILES string of the molecule is C=C.Cc1ccc(C)c(N2CCNCC2)c1. The Hall–Kier alpha value is -1.28. The molecule has 0 amide bonds. The molecular formula is C14H22N2. The smallest absolute Gasteiger partial charge is 0.0399 e. The minimum absolute atomic E-state index is 1.10. The van der Waals surface area contributed by atoms with Gasteiger partial charge in [0.1, 0.15) is 0 Å². The van der Waals surface area contributed by atoms with Crippen LogP contribution in [0.4, 0.5) is 5.69 Å². The molecule has 1 aliphatic rings. The first-order valence-electron chi connectivity index (χ1n) is 5.80. The first kappa shape index (κ1) is 12.8. The maximum Gasteiger partial charge on any atom is 0.0399 e. The van der Waals surface area contributed by atoms with E-state index in [2.05, 4.69) is 55.4 Å². The van der Waals surface area contributed by atoms with Gasteiger partial charge in [-0.05, 0) is 31.0 Å². The third kappa shape index (κ3) is 3.11. The number of hydrogen-bond donors (Lipinski definition) is 1. The normalized spacial score (nSPS) is 15.2. The van der Waals surface area contributed by atoms with Gasteiger partial charge in [0.2, 0.25) is 0 Å². The van der Waals surface area contributed by atoms with Crippen LogP contribution in [-0.2, 0) is 0 Å². The van der Waals surface area contributed by atoms with E-state index in [1.165, 1.54) is 16.8 Å². The van der Waals surface area contributed by atoms with Gasteiger partial charge in [-0.15, -0.1) is 13.2 Å². The van der Waals surface area contributed by atoms with E-state index in [0.717, 1.165) is 26.2 Å². The highest BCUT2D eigenvalue weighted by Gasteiger charge is 2.11. The first-order valence-corrected chi connectivity index (χ1v) is 5.80. The van der Waals surface area contributed by atoms with Crippen LogP contribution in [0.15, 0.2) is 31.4 Å². The van der Waals surface area contributed by atoms with Crippen molar-refractivity contribution >= 4 is 5.69 Å². The second-order valence-electron chi connectivity index (χ2n) is 4.03. The molecule has 0 bridgehead atoms. The average Bonchev–Trinajstić information content (AvgIpc) is 2.36. The maximum atomic E-state index is 3.38. The molecule has 1 fully saturated rings. The summed E-state index contributed by atoms with van der Waals surface area (Å²) in [7, 11) is 0. The van der Waals surface area contributed by atoms with Gasteiger partial charge in [-0.25, -0.2) is 0 Å². The van der Waals surface area contributed by atoms with E-state index in [-0.39, 0.29) is 0 Å². The summed E-state index contributed by atoms with van der Waals surface area (Å²) < 4.78 is 0. The number of rotatable bonds is 1. The topological polar surface area (TPSA) is 15.3 Å². The van der Waals surface area contributed by atoms with Crippen LogP contribution in [0.2, 0.25) is 0 Å². The van der Waals surface area contributed by atoms with Gasteiger partial charge in [-0.3, -0.25) is 0 Å². The molecule has 1 aromatic rings. The Labute approximate surface area is 99.0 Å². The third-order valence-corrected chi connectivity index (χ3v) is 2.82. The Kier molecular flexibility index (Phi) is 5.06. The predicted octanol–water partition coefficient (Wildman–Crippen LogP) is 2.52. The molecule has 1 aliphatic heterocycles. The van der Waals surface area contributed by atoms with Crippen molar-refractivity contribution in [2.45, 2.75) is 13.8 Å². The van der Waals surface area contributed by atoms with Gasteiger partial charge in [-0.1, -0.05) is 12.1 Å². The summed E-state index contributed by atoms with van der Waals surface area (Å²) in [5.74, 6) is 0. The van der Waals surface area contributed by atoms with Crippen LogP contribution in [0.3, 0.4) is 0 Å². The van der Waals surface area contributed by atoms with Crippen LogP contribution in [-0.4, -0.2) is 26.2 Å². The van der Waals surface area contributed by atoms with Crippen molar-refractivity contribution in [3.8, 4) is 0 Å². The zero-order valence-electron chi connectivity index (χ0n) is 10.4. The molecule has 0 atom stereocenters. The highest BCUT2D eigenvalue weighted by molar-refractivity contribution is 5.55. The van der Waals surface area contributed by atoms with Crippen molar-refractivity contribution in [2.75, 3.05) is 31.1 Å². The summed E-state index contributed by atoms with van der Waals surface area (Å²) >= 11 is 0. The molecular weight excluding hydrogens is 196 g/mol. The lowest BCUT2D eigenvalue weighted by molar-refractivity contribution is 0.588. The first-order chi connectivity index (χ1) is 7.77. The van der Waals surface area contributed by atoms with E-state index >= 15 is 0 Å². The van der Waals surface area contributed by atoms with Crippen LogP contribution in [0.5, 0.6) is 0 Å². The van der Waals surface area contributed by atoms with Crippen LogP contribution in [0.25, 0.3) is 0 Å². The van der Waals surface area contributed by atoms with Gasteiger partial charge in [0.15, 0.2) is 0 Å². The van der Waals surface area contributed by atoms with Gasteiger partial charge >= 0.3 is 0 Å². The van der Waals surface area contributed by atoms with Crippen molar-refractivity contribution in [3.05, 3.63) is 42.5 Å². The number of nitrogens with one attached hydrogen (secondary N) is 1. The number of aryl methyl sites for hydroxylation is 2. The van der Waals surface area contributed by atoms with Crippen molar-refractivity contribution < 1.29 is 0 Å². The van der Waals surface area contributed by atoms with Gasteiger partial charge in [0.05, 0.1) is 0 Å². The van der Waals surface area contributed by atoms with Crippen molar-refractivity contribution in [2.24, 2.45) is 0 Å². The molecule has 0 aromatic heterocycles. The Balaban J connectivity index is 0.000000606. The molecule has 1 saturated heterocycles. The third-order valence-electron chi connectivity index (χ3n) is 2.82. The van der Waals surface area contributed by atoms with Crippen molar-refractivity contribution in [1.29, 1.82) is 0 Å². The van der Waals surface area contributed by atoms with Crippen molar-refractivity contribution in [3.63, 3.8) is 0 Å². The monoisotopic (exact) mass is 218 g/mol. The quantitative estimate of drug-likeness (QED) is 0.729. The molecule has 1 N–H and O–H groups in total. The van der Waals surface area contributed by atoms with E-state index in [1.54, 1.807) is 0 Å². The summed E-state index contributed by atoms with van der Waals surface area (Å²) in [5, 5.41) is 3.38. The molecule has 1 heterocycles. The van der Waals surface area contributed by atoms with E-state index in [4.69, 9.17) is 0 Å². The Morgan fingerprint density at radius 3 is 2.38 bits per heavy atom. The fourth-order valence-electron chi connectivity index (χ4n) is 1.97. The number of piperazine rings is 1. The lowest BCUT2D eigenvalue weighted by Crippen LogP contribution is -2.43.